The van der Waals surface area contributed by atoms with Gasteiger partial charge in [-0.15, -0.1) is 26.3 Å². The molecule has 3 fully saturated rings. The lowest BCUT2D eigenvalue weighted by molar-refractivity contribution is -0.275. The number of hydrogen-bond donors (Lipinski definition) is 1. The fourth-order valence-electron chi connectivity index (χ4n) is 8.11. The first kappa shape index (κ1) is 36.3. The van der Waals surface area contributed by atoms with Crippen molar-refractivity contribution in [3.63, 3.8) is 0 Å². The number of benzene rings is 3. The Morgan fingerprint density at radius 3 is 2.25 bits per heavy atom. The molecule has 3 aliphatic heterocycles. The molecule has 52 heavy (non-hydrogen) atoms. The molecule has 3 aromatic carbocycles. The highest BCUT2D eigenvalue weighted by atomic mass is 19.4. The largest absolute Gasteiger partial charge is 0.573 e. The van der Waals surface area contributed by atoms with Crippen LogP contribution in [0.1, 0.15) is 56.1 Å². The number of piperazine rings is 1. The molecule has 0 radical (unpaired) electrons. The lowest BCUT2D eigenvalue weighted by Gasteiger charge is -2.34. The van der Waals surface area contributed by atoms with E-state index in [1.165, 1.54) is 24.3 Å². The van der Waals surface area contributed by atoms with Gasteiger partial charge in [-0.2, -0.15) is 0 Å². The van der Waals surface area contributed by atoms with E-state index >= 15 is 0 Å². The Bertz CT molecular complexity index is 1850. The van der Waals surface area contributed by atoms with Gasteiger partial charge in [-0.25, -0.2) is 0 Å². The first-order valence-corrected chi connectivity index (χ1v) is 17.9. The van der Waals surface area contributed by atoms with Crippen molar-refractivity contribution in [1.29, 1.82) is 0 Å². The number of hydrogen-bond acceptors (Lipinski definition) is 6. The summed E-state index contributed by atoms with van der Waals surface area (Å²) in [5.74, 6) is -0.187. The number of halogens is 6. The van der Waals surface area contributed by atoms with E-state index in [2.05, 4.69) is 47.4 Å². The summed E-state index contributed by atoms with van der Waals surface area (Å²) in [6.07, 6.45) is -1.40. The number of para-hydroxylation sites is 1. The van der Waals surface area contributed by atoms with Crippen LogP contribution in [0, 0.1) is 0 Å². The predicted molar refractivity (Wildman–Crippen MR) is 185 cm³/mol. The van der Waals surface area contributed by atoms with Crippen LogP contribution in [-0.4, -0.2) is 70.6 Å². The molecule has 4 aromatic rings. The second-order valence-electron chi connectivity index (χ2n) is 14.1. The molecular weight excluding hydrogens is 686 g/mol. The van der Waals surface area contributed by atoms with E-state index in [0.717, 1.165) is 85.8 Å². The van der Waals surface area contributed by atoms with Gasteiger partial charge in [0.25, 0.3) is 0 Å². The average Bonchev–Trinajstić information content (AvgIpc) is 3.79. The molecule has 0 spiro atoms. The molecule has 7 nitrogen and oxygen atoms in total. The average molecular weight is 729 g/mol. The quantitative estimate of drug-likeness (QED) is 0.110. The van der Waals surface area contributed by atoms with Gasteiger partial charge in [-0.05, 0) is 80.1 Å². The number of nitrogens with one attached hydrogen (secondary N) is 1. The van der Waals surface area contributed by atoms with Gasteiger partial charge in [0.05, 0.1) is 6.04 Å². The number of ether oxygens (including phenoxy) is 2. The van der Waals surface area contributed by atoms with Crippen molar-refractivity contribution in [2.24, 2.45) is 0 Å². The van der Waals surface area contributed by atoms with E-state index in [4.69, 9.17) is 0 Å². The van der Waals surface area contributed by atoms with E-state index < -0.39 is 12.7 Å². The molecule has 3 atom stereocenters. The van der Waals surface area contributed by atoms with Crippen molar-refractivity contribution < 1.29 is 40.6 Å². The number of alkyl halides is 6. The molecule has 0 aliphatic carbocycles. The third-order valence-corrected chi connectivity index (χ3v) is 10.5. The lowest BCUT2D eigenvalue weighted by atomic mass is 9.98. The molecule has 3 aliphatic rings. The Balaban J connectivity index is 1.05. The number of carbonyl (C=O) groups is 1. The third kappa shape index (κ3) is 8.75. The third-order valence-electron chi connectivity index (χ3n) is 10.5. The number of nitrogens with zero attached hydrogens (tertiary/aromatic N) is 3. The van der Waals surface area contributed by atoms with Crippen LogP contribution in [0.15, 0.2) is 72.9 Å². The molecule has 4 heterocycles. The first-order valence-electron chi connectivity index (χ1n) is 17.9. The fourth-order valence-corrected chi connectivity index (χ4v) is 8.11. The standard InChI is InChI=1S/C39H42F6N4O3/c40-38(41,42)51-31-14-12-27(13-15-31)33-25-47(18-6-4-9-36(50)34-8-3-5-17-46-34)35-16-11-26(19-32(33)35)21-48-23-30-20-29(48)24-49(30)22-28-7-1-2-10-37(28)52-39(43,44)45/h1-2,7,10-16,19,25,29-30,34,46H,3-6,8-9,17-18,20-24H2. The molecule has 0 amide bonds. The van der Waals surface area contributed by atoms with Gasteiger partial charge in [0, 0.05) is 79.5 Å². The van der Waals surface area contributed by atoms with Gasteiger partial charge in [0.1, 0.15) is 17.3 Å². The summed E-state index contributed by atoms with van der Waals surface area (Å²) < 4.78 is 88.0. The predicted octanol–water partition coefficient (Wildman–Crippen LogP) is 8.45. The normalized spacial score (nSPS) is 21.2. The maximum atomic E-state index is 13.0. The van der Waals surface area contributed by atoms with Crippen molar-refractivity contribution in [3.8, 4) is 22.6 Å². The van der Waals surface area contributed by atoms with Crippen LogP contribution in [-0.2, 0) is 24.4 Å². The summed E-state index contributed by atoms with van der Waals surface area (Å²) >= 11 is 0. The molecule has 2 bridgehead atoms. The van der Waals surface area contributed by atoms with Gasteiger partial charge in [-0.1, -0.05) is 42.8 Å². The minimum Gasteiger partial charge on any atom is -0.406 e. The zero-order valence-corrected chi connectivity index (χ0v) is 28.7. The summed E-state index contributed by atoms with van der Waals surface area (Å²) in [5.41, 5.74) is 4.26. The van der Waals surface area contributed by atoms with Crippen molar-refractivity contribution in [2.75, 3.05) is 19.6 Å². The fraction of sp³-hybridized carbons (Fsp3) is 0.462. The Kier molecular flexibility index (Phi) is 10.6. The summed E-state index contributed by atoms with van der Waals surface area (Å²) in [5, 5.41) is 4.31. The number of piperidine rings is 1. The number of aromatic nitrogens is 1. The lowest BCUT2D eigenvalue weighted by Crippen LogP contribution is -2.45. The van der Waals surface area contributed by atoms with Crippen LogP contribution in [0.5, 0.6) is 11.5 Å². The van der Waals surface area contributed by atoms with Crippen molar-refractivity contribution in [1.82, 2.24) is 19.7 Å². The highest BCUT2D eigenvalue weighted by Crippen LogP contribution is 2.37. The molecule has 278 valence electrons. The smallest absolute Gasteiger partial charge is 0.406 e. The van der Waals surface area contributed by atoms with E-state index in [1.54, 1.807) is 24.3 Å². The minimum absolute atomic E-state index is 0.0426. The molecule has 7 rings (SSSR count). The molecule has 0 saturated carbocycles. The van der Waals surface area contributed by atoms with Crippen LogP contribution in [0.4, 0.5) is 26.3 Å². The van der Waals surface area contributed by atoms with Gasteiger partial charge in [0.15, 0.2) is 0 Å². The van der Waals surface area contributed by atoms with Gasteiger partial charge in [-0.3, -0.25) is 14.6 Å². The van der Waals surface area contributed by atoms with Gasteiger partial charge in [0.2, 0.25) is 0 Å². The highest BCUT2D eigenvalue weighted by Gasteiger charge is 2.43. The highest BCUT2D eigenvalue weighted by molar-refractivity contribution is 5.96. The summed E-state index contributed by atoms with van der Waals surface area (Å²) in [7, 11) is 0. The van der Waals surface area contributed by atoms with E-state index in [9.17, 15) is 31.1 Å². The second kappa shape index (κ2) is 15.1. The Labute approximate surface area is 298 Å². The number of rotatable bonds is 13. The Morgan fingerprint density at radius 2 is 1.56 bits per heavy atom. The van der Waals surface area contributed by atoms with E-state index in [1.807, 2.05) is 6.20 Å². The summed E-state index contributed by atoms with van der Waals surface area (Å²) in [6, 6.07) is 19.0. The van der Waals surface area contributed by atoms with Crippen LogP contribution < -0.4 is 14.8 Å². The topological polar surface area (TPSA) is 59.0 Å². The minimum atomic E-state index is -4.78. The molecule has 3 saturated heterocycles. The molecule has 3 unspecified atom stereocenters. The number of unbranched alkanes of at least 4 members (excludes halogenated alkanes) is 1. The summed E-state index contributed by atoms with van der Waals surface area (Å²) in [6.45, 7) is 4.17. The van der Waals surface area contributed by atoms with Crippen LogP contribution in [0.2, 0.25) is 0 Å². The molecule has 1 aromatic heterocycles. The number of ketones is 1. The zero-order chi connectivity index (χ0) is 36.5. The summed E-state index contributed by atoms with van der Waals surface area (Å²) in [4.78, 5) is 17.4. The number of fused-ring (bicyclic) bond motifs is 3. The Morgan fingerprint density at radius 1 is 0.827 bits per heavy atom. The Hall–Kier alpha value is -4.07. The molecular formula is C39H42F6N4O3. The SMILES string of the molecule is O=C(CCCCn1cc(-c2ccc(OC(F)(F)F)cc2)c2cc(CN3CC4CC3CN4Cc3ccccc3OC(F)(F)F)ccc21)C1CCCCN1. The van der Waals surface area contributed by atoms with E-state index in [0.29, 0.717) is 31.6 Å². The van der Waals surface area contributed by atoms with Crippen LogP contribution in [0.25, 0.3) is 22.0 Å². The van der Waals surface area contributed by atoms with Gasteiger partial charge < -0.3 is 19.4 Å². The maximum absolute atomic E-state index is 13.0. The number of aryl methyl sites for hydroxylation is 1. The monoisotopic (exact) mass is 728 g/mol. The number of Topliss-reactive ketones (excluding diaryl/α,β-unsaturated/α-hetero) is 1. The zero-order valence-electron chi connectivity index (χ0n) is 28.7. The molecule has 1 N–H and O–H groups in total. The molecule has 13 heteroatoms. The van der Waals surface area contributed by atoms with Crippen molar-refractivity contribution >= 4 is 16.7 Å². The van der Waals surface area contributed by atoms with Crippen molar-refractivity contribution in [3.05, 3.63) is 84.1 Å². The van der Waals surface area contributed by atoms with Crippen molar-refractivity contribution in [2.45, 2.75) is 95.4 Å². The van der Waals surface area contributed by atoms with Gasteiger partial charge >= 0.3 is 12.7 Å². The maximum Gasteiger partial charge on any atom is 0.573 e. The first-order chi connectivity index (χ1) is 24.9. The van der Waals surface area contributed by atoms with Crippen LogP contribution in [0.3, 0.4) is 0 Å². The van der Waals surface area contributed by atoms with E-state index in [-0.39, 0.29) is 35.4 Å². The number of likely N-dealkylation sites (tertiary alicyclic amines) is 2. The van der Waals surface area contributed by atoms with Crippen LogP contribution >= 0.6 is 0 Å². The second-order valence-corrected chi connectivity index (χ2v) is 14.1. The number of carbonyl (C=O) groups excluding carboxylic acids is 1.